The first-order valence-corrected chi connectivity index (χ1v) is 17.6. The number of likely N-dealkylation sites (tertiary alicyclic amines) is 2. The van der Waals surface area contributed by atoms with Crippen LogP contribution >= 0.6 is 0 Å². The average molecular weight is 700 g/mol. The number of aromatic amines is 2. The lowest BCUT2D eigenvalue weighted by Gasteiger charge is -2.30. The molecular formula is C37H46FN9O4. The predicted molar refractivity (Wildman–Crippen MR) is 188 cm³/mol. The summed E-state index contributed by atoms with van der Waals surface area (Å²) in [4.78, 5) is 66.9. The molecule has 0 saturated carbocycles. The van der Waals surface area contributed by atoms with Gasteiger partial charge in [0.25, 0.3) is 0 Å². The van der Waals surface area contributed by atoms with Crippen molar-refractivity contribution in [1.29, 1.82) is 0 Å². The second-order valence-corrected chi connectivity index (χ2v) is 14.1. The number of amides is 3. The topological polar surface area (TPSA) is 162 Å². The maximum atomic E-state index is 15.5. The molecule has 14 heteroatoms. The second-order valence-electron chi connectivity index (χ2n) is 14.1. The molecule has 6 rings (SSSR count). The number of carbonyl (C=O) groups excluding carboxylic acids is 3. The quantitative estimate of drug-likeness (QED) is 0.180. The first-order chi connectivity index (χ1) is 24.5. The minimum absolute atomic E-state index is 0.0831. The number of imidazole rings is 2. The minimum atomic E-state index is -0.720. The first kappa shape index (κ1) is 35.7. The fourth-order valence-electron chi connectivity index (χ4n) is 6.84. The van der Waals surface area contributed by atoms with Gasteiger partial charge in [0, 0.05) is 48.1 Å². The largest absolute Gasteiger partial charge is 0.453 e. The monoisotopic (exact) mass is 699 g/mol. The summed E-state index contributed by atoms with van der Waals surface area (Å²) >= 11 is 0. The van der Waals surface area contributed by atoms with Crippen LogP contribution in [0.4, 0.5) is 9.18 Å². The SMILES string of the molecule is COC(=O)N[C@H](C(=O)N1CCC[C@H]1c1ncc(-c2cnc(-c3ccc(-c4cnc([C@@H]5CCCN5C(=O)[C@@H](C)C(C)C)[nH]4)c(F)c3)nc2)[nH]1)C(C)C. The van der Waals surface area contributed by atoms with Crippen molar-refractivity contribution in [2.75, 3.05) is 20.2 Å². The zero-order chi connectivity index (χ0) is 36.4. The second kappa shape index (κ2) is 15.0. The first-order valence-electron chi connectivity index (χ1n) is 17.6. The van der Waals surface area contributed by atoms with Gasteiger partial charge in [0.15, 0.2) is 5.82 Å². The number of aromatic nitrogens is 6. The summed E-state index contributed by atoms with van der Waals surface area (Å²) in [6, 6.07) is 3.70. The third-order valence-electron chi connectivity index (χ3n) is 10.2. The summed E-state index contributed by atoms with van der Waals surface area (Å²) in [5.74, 6) is 1.19. The Morgan fingerprint density at radius 1 is 0.804 bits per heavy atom. The number of carbonyl (C=O) groups is 3. The Kier molecular flexibility index (Phi) is 10.5. The zero-order valence-electron chi connectivity index (χ0n) is 29.9. The number of nitrogens with one attached hydrogen (secondary N) is 3. The van der Waals surface area contributed by atoms with E-state index in [-0.39, 0.29) is 41.7 Å². The standard InChI is InChI=1S/C37H46FN9O4/c1-20(2)22(5)35(48)46-13-7-9-29(46)34-42-19-28(44-34)25-12-11-23(15-26(25)38)32-39-16-24(17-40-32)27-18-41-33(43-27)30-10-8-14-47(30)36(49)31(21(3)4)45-37(50)51-6/h11-12,15-22,29-31H,7-10,13-14H2,1-6H3,(H,41,43)(H,42,44)(H,45,50)/t22-,29-,30-,31-/m0/s1. The van der Waals surface area contributed by atoms with Crippen molar-refractivity contribution in [1.82, 2.24) is 45.0 Å². The van der Waals surface area contributed by atoms with Gasteiger partial charge in [-0.3, -0.25) is 9.59 Å². The lowest BCUT2D eigenvalue weighted by molar-refractivity contribution is -0.137. The number of hydrogen-bond donors (Lipinski definition) is 3. The summed E-state index contributed by atoms with van der Waals surface area (Å²) < 4.78 is 20.3. The lowest BCUT2D eigenvalue weighted by atomic mass is 9.96. The van der Waals surface area contributed by atoms with Crippen LogP contribution in [-0.4, -0.2) is 83.9 Å². The van der Waals surface area contributed by atoms with Crippen LogP contribution in [0.3, 0.4) is 0 Å². The number of ether oxygens (including phenoxy) is 1. The van der Waals surface area contributed by atoms with Crippen LogP contribution in [0.15, 0.2) is 43.0 Å². The van der Waals surface area contributed by atoms with Crippen molar-refractivity contribution >= 4 is 17.9 Å². The predicted octanol–water partition coefficient (Wildman–Crippen LogP) is 6.06. The van der Waals surface area contributed by atoms with Crippen LogP contribution in [0.5, 0.6) is 0 Å². The number of hydrogen-bond acceptors (Lipinski definition) is 8. The summed E-state index contributed by atoms with van der Waals surface area (Å²) in [6.07, 6.45) is 9.19. The molecule has 51 heavy (non-hydrogen) atoms. The maximum absolute atomic E-state index is 15.5. The van der Waals surface area contributed by atoms with Gasteiger partial charge in [-0.25, -0.2) is 29.1 Å². The number of nitrogens with zero attached hydrogens (tertiary/aromatic N) is 6. The van der Waals surface area contributed by atoms with Gasteiger partial charge in [0.2, 0.25) is 11.8 Å². The molecular weight excluding hydrogens is 653 g/mol. The molecule has 4 aromatic rings. The molecule has 0 radical (unpaired) electrons. The molecule has 3 aromatic heterocycles. The van der Waals surface area contributed by atoms with E-state index in [0.717, 1.165) is 25.7 Å². The van der Waals surface area contributed by atoms with Crippen LogP contribution in [0.25, 0.3) is 33.9 Å². The average Bonchev–Trinajstić information content (AvgIpc) is 3.96. The highest BCUT2D eigenvalue weighted by Crippen LogP contribution is 2.35. The molecule has 0 aliphatic carbocycles. The van der Waals surface area contributed by atoms with Gasteiger partial charge in [-0.2, -0.15) is 0 Å². The molecule has 0 bridgehead atoms. The Bertz CT molecular complexity index is 1870. The molecule has 3 amide bonds. The van der Waals surface area contributed by atoms with E-state index in [1.807, 2.05) is 39.5 Å². The van der Waals surface area contributed by atoms with Gasteiger partial charge < -0.3 is 29.8 Å². The summed E-state index contributed by atoms with van der Waals surface area (Å²) in [7, 11) is 1.27. The highest BCUT2D eigenvalue weighted by atomic mass is 19.1. The van der Waals surface area contributed by atoms with E-state index in [2.05, 4.69) is 35.2 Å². The van der Waals surface area contributed by atoms with Crippen LogP contribution in [-0.2, 0) is 14.3 Å². The van der Waals surface area contributed by atoms with Crippen molar-refractivity contribution in [2.45, 2.75) is 78.4 Å². The van der Waals surface area contributed by atoms with E-state index in [0.29, 0.717) is 58.6 Å². The molecule has 2 aliphatic heterocycles. The molecule has 13 nitrogen and oxygen atoms in total. The van der Waals surface area contributed by atoms with Gasteiger partial charge >= 0.3 is 6.09 Å². The molecule has 4 atom stereocenters. The number of alkyl carbamates (subject to hydrolysis) is 1. The molecule has 1 aromatic carbocycles. The number of methoxy groups -OCH3 is 1. The molecule has 3 N–H and O–H groups in total. The van der Waals surface area contributed by atoms with Crippen molar-refractivity contribution in [3.05, 3.63) is 60.5 Å². The lowest BCUT2D eigenvalue weighted by Crippen LogP contribution is -2.51. The Morgan fingerprint density at radius 3 is 1.96 bits per heavy atom. The van der Waals surface area contributed by atoms with Crippen molar-refractivity contribution < 1.29 is 23.5 Å². The Balaban J connectivity index is 1.14. The van der Waals surface area contributed by atoms with Gasteiger partial charge in [0.05, 0.1) is 43.0 Å². The van der Waals surface area contributed by atoms with Gasteiger partial charge in [0.1, 0.15) is 23.5 Å². The van der Waals surface area contributed by atoms with Gasteiger partial charge in [-0.05, 0) is 49.7 Å². The fraction of sp³-hybridized carbons (Fsp3) is 0.486. The number of halogens is 1. The van der Waals surface area contributed by atoms with Crippen LogP contribution < -0.4 is 5.32 Å². The Morgan fingerprint density at radius 2 is 1.39 bits per heavy atom. The van der Waals surface area contributed by atoms with E-state index in [1.54, 1.807) is 41.8 Å². The molecule has 270 valence electrons. The Labute approximate surface area is 296 Å². The van der Waals surface area contributed by atoms with E-state index >= 15 is 4.39 Å². The van der Waals surface area contributed by atoms with Crippen molar-refractivity contribution in [3.63, 3.8) is 0 Å². The summed E-state index contributed by atoms with van der Waals surface area (Å²) in [5.41, 5.74) is 2.79. The van der Waals surface area contributed by atoms with Gasteiger partial charge in [-0.15, -0.1) is 0 Å². The Hall–Kier alpha value is -5.14. The van der Waals surface area contributed by atoms with E-state index in [4.69, 9.17) is 4.74 Å². The number of rotatable bonds is 10. The highest BCUT2D eigenvalue weighted by Gasteiger charge is 2.38. The molecule has 2 saturated heterocycles. The van der Waals surface area contributed by atoms with Crippen molar-refractivity contribution in [3.8, 4) is 33.9 Å². The number of H-pyrrole nitrogens is 2. The molecule has 5 heterocycles. The smallest absolute Gasteiger partial charge is 0.407 e. The molecule has 0 unspecified atom stereocenters. The van der Waals surface area contributed by atoms with Crippen molar-refractivity contribution in [2.24, 2.45) is 17.8 Å². The normalized spacial score (nSPS) is 18.8. The van der Waals surface area contributed by atoms with E-state index in [1.165, 1.54) is 13.2 Å². The van der Waals surface area contributed by atoms with Crippen LogP contribution in [0, 0.1) is 23.6 Å². The summed E-state index contributed by atoms with van der Waals surface area (Å²) in [5, 5.41) is 2.66. The van der Waals surface area contributed by atoms with Gasteiger partial charge in [-0.1, -0.05) is 40.7 Å². The maximum Gasteiger partial charge on any atom is 0.407 e. The summed E-state index contributed by atoms with van der Waals surface area (Å²) in [6.45, 7) is 11.1. The van der Waals surface area contributed by atoms with Crippen LogP contribution in [0.1, 0.15) is 84.0 Å². The van der Waals surface area contributed by atoms with E-state index in [9.17, 15) is 14.4 Å². The minimum Gasteiger partial charge on any atom is -0.453 e. The zero-order valence-corrected chi connectivity index (χ0v) is 29.9. The van der Waals surface area contributed by atoms with Crippen LogP contribution in [0.2, 0.25) is 0 Å². The molecule has 0 spiro atoms. The fourth-order valence-corrected chi connectivity index (χ4v) is 6.84. The third-order valence-corrected chi connectivity index (χ3v) is 10.2. The third kappa shape index (κ3) is 7.35. The molecule has 2 fully saturated rings. The van der Waals surface area contributed by atoms with E-state index < -0.39 is 18.0 Å². The molecule has 2 aliphatic rings. The number of benzene rings is 1. The highest BCUT2D eigenvalue weighted by molar-refractivity contribution is 5.86.